The van der Waals surface area contributed by atoms with Crippen molar-refractivity contribution in [2.45, 2.75) is 17.7 Å². The Kier molecular flexibility index (Phi) is 5.76. The summed E-state index contributed by atoms with van der Waals surface area (Å²) in [5.74, 6) is 0.625. The standard InChI is InChI=1S/C18H26N2O4S/c1-25(22,23)17-4-2-16(3-5-17)18(21)20-8-6-15(7-9-20)14-19-10-12-24-13-11-19/h2-5,15H,6-14H2,1H3. The third kappa shape index (κ3) is 4.80. The van der Waals surface area contributed by atoms with E-state index in [0.29, 0.717) is 11.5 Å². The maximum atomic E-state index is 12.6. The van der Waals surface area contributed by atoms with Crippen LogP contribution in [0, 0.1) is 5.92 Å². The zero-order chi connectivity index (χ0) is 17.9. The van der Waals surface area contributed by atoms with E-state index in [0.717, 1.165) is 58.8 Å². The summed E-state index contributed by atoms with van der Waals surface area (Å²) in [5.41, 5.74) is 0.555. The van der Waals surface area contributed by atoms with E-state index >= 15 is 0 Å². The van der Waals surface area contributed by atoms with Crippen LogP contribution in [0.1, 0.15) is 23.2 Å². The fraction of sp³-hybridized carbons (Fsp3) is 0.611. The average molecular weight is 366 g/mol. The molecule has 0 aliphatic carbocycles. The Morgan fingerprint density at radius 3 is 2.24 bits per heavy atom. The maximum absolute atomic E-state index is 12.6. The minimum atomic E-state index is -3.23. The van der Waals surface area contributed by atoms with E-state index < -0.39 is 9.84 Å². The van der Waals surface area contributed by atoms with E-state index in [4.69, 9.17) is 4.74 Å². The third-order valence-electron chi connectivity index (χ3n) is 5.05. The molecule has 0 bridgehead atoms. The highest BCUT2D eigenvalue weighted by molar-refractivity contribution is 7.90. The molecular weight excluding hydrogens is 340 g/mol. The largest absolute Gasteiger partial charge is 0.379 e. The van der Waals surface area contributed by atoms with E-state index in [1.807, 2.05) is 4.90 Å². The molecule has 0 saturated carbocycles. The van der Waals surface area contributed by atoms with Gasteiger partial charge in [0.15, 0.2) is 9.84 Å². The highest BCUT2D eigenvalue weighted by atomic mass is 32.2. The van der Waals surface area contributed by atoms with Crippen molar-refractivity contribution < 1.29 is 17.9 Å². The van der Waals surface area contributed by atoms with Crippen LogP contribution in [0.2, 0.25) is 0 Å². The van der Waals surface area contributed by atoms with Gasteiger partial charge in [0, 0.05) is 44.5 Å². The van der Waals surface area contributed by atoms with Crippen LogP contribution in [0.4, 0.5) is 0 Å². The lowest BCUT2D eigenvalue weighted by Crippen LogP contribution is -2.44. The second-order valence-electron chi connectivity index (χ2n) is 6.95. The van der Waals surface area contributed by atoms with Crippen LogP contribution in [-0.4, -0.2) is 76.3 Å². The number of likely N-dealkylation sites (tertiary alicyclic amines) is 1. The van der Waals surface area contributed by atoms with Crippen molar-refractivity contribution in [3.63, 3.8) is 0 Å². The summed E-state index contributed by atoms with van der Waals surface area (Å²) in [5, 5.41) is 0. The van der Waals surface area contributed by atoms with Gasteiger partial charge in [0.1, 0.15) is 0 Å². The molecule has 0 atom stereocenters. The number of carbonyl (C=O) groups excluding carboxylic acids is 1. The topological polar surface area (TPSA) is 66.9 Å². The Hall–Kier alpha value is -1.44. The van der Waals surface area contributed by atoms with Crippen LogP contribution in [-0.2, 0) is 14.6 Å². The number of piperidine rings is 1. The molecule has 0 spiro atoms. The van der Waals surface area contributed by atoms with Gasteiger partial charge in [0.2, 0.25) is 0 Å². The molecule has 6 nitrogen and oxygen atoms in total. The number of benzene rings is 1. The minimum Gasteiger partial charge on any atom is -0.379 e. The quantitative estimate of drug-likeness (QED) is 0.803. The SMILES string of the molecule is CS(=O)(=O)c1ccc(C(=O)N2CCC(CN3CCOCC3)CC2)cc1. The number of morpholine rings is 1. The molecule has 0 N–H and O–H groups in total. The summed E-state index contributed by atoms with van der Waals surface area (Å²) in [6, 6.07) is 6.23. The first-order valence-electron chi connectivity index (χ1n) is 8.83. The van der Waals surface area contributed by atoms with E-state index in [1.54, 1.807) is 12.1 Å². The smallest absolute Gasteiger partial charge is 0.253 e. The number of nitrogens with zero attached hydrogens (tertiary/aromatic N) is 2. The van der Waals surface area contributed by atoms with E-state index in [2.05, 4.69) is 4.90 Å². The van der Waals surface area contributed by atoms with Crippen molar-refractivity contribution in [2.24, 2.45) is 5.92 Å². The lowest BCUT2D eigenvalue weighted by atomic mass is 9.95. The Balaban J connectivity index is 1.52. The van der Waals surface area contributed by atoms with Gasteiger partial charge in [-0.25, -0.2) is 8.42 Å². The minimum absolute atomic E-state index is 0.00938. The summed E-state index contributed by atoms with van der Waals surface area (Å²) in [7, 11) is -3.23. The summed E-state index contributed by atoms with van der Waals surface area (Å²) in [6.45, 7) is 6.27. The Morgan fingerprint density at radius 1 is 1.08 bits per heavy atom. The molecule has 25 heavy (non-hydrogen) atoms. The predicted octanol–water partition coefficient (Wildman–Crippen LogP) is 1.27. The first-order valence-corrected chi connectivity index (χ1v) is 10.7. The first kappa shape index (κ1) is 18.4. The Labute approximate surface area is 149 Å². The van der Waals surface area contributed by atoms with Crippen molar-refractivity contribution in [1.82, 2.24) is 9.80 Å². The lowest BCUT2D eigenvalue weighted by molar-refractivity contribution is 0.0243. The van der Waals surface area contributed by atoms with E-state index in [9.17, 15) is 13.2 Å². The molecule has 0 aromatic heterocycles. The van der Waals surface area contributed by atoms with Crippen LogP contribution in [0.25, 0.3) is 0 Å². The van der Waals surface area contributed by atoms with Crippen molar-refractivity contribution in [3.8, 4) is 0 Å². The van der Waals surface area contributed by atoms with Crippen molar-refractivity contribution in [1.29, 1.82) is 0 Å². The number of hydrogen-bond acceptors (Lipinski definition) is 5. The summed E-state index contributed by atoms with van der Waals surface area (Å²) in [4.78, 5) is 17.2. The molecule has 7 heteroatoms. The predicted molar refractivity (Wildman–Crippen MR) is 95.4 cm³/mol. The second kappa shape index (κ2) is 7.85. The molecule has 1 aromatic carbocycles. The zero-order valence-electron chi connectivity index (χ0n) is 14.7. The van der Waals surface area contributed by atoms with Gasteiger partial charge in [-0.15, -0.1) is 0 Å². The van der Waals surface area contributed by atoms with Crippen molar-refractivity contribution in [3.05, 3.63) is 29.8 Å². The van der Waals surface area contributed by atoms with Gasteiger partial charge in [-0.2, -0.15) is 0 Å². The van der Waals surface area contributed by atoms with Gasteiger partial charge in [0.05, 0.1) is 18.1 Å². The zero-order valence-corrected chi connectivity index (χ0v) is 15.5. The average Bonchev–Trinajstić information content (AvgIpc) is 2.62. The number of carbonyl (C=O) groups is 1. The van der Waals surface area contributed by atoms with E-state index in [1.165, 1.54) is 18.4 Å². The fourth-order valence-electron chi connectivity index (χ4n) is 3.49. The van der Waals surface area contributed by atoms with Gasteiger partial charge in [-0.1, -0.05) is 0 Å². The molecule has 2 heterocycles. The highest BCUT2D eigenvalue weighted by Gasteiger charge is 2.25. The molecule has 2 fully saturated rings. The molecule has 3 rings (SSSR count). The number of amides is 1. The lowest BCUT2D eigenvalue weighted by Gasteiger charge is -2.36. The van der Waals surface area contributed by atoms with Crippen LogP contribution in [0.15, 0.2) is 29.2 Å². The summed E-state index contributed by atoms with van der Waals surface area (Å²) in [6.07, 6.45) is 3.21. The monoisotopic (exact) mass is 366 g/mol. The molecule has 138 valence electrons. The van der Waals surface area contributed by atoms with Crippen LogP contribution in [0.5, 0.6) is 0 Å². The Morgan fingerprint density at radius 2 is 1.68 bits per heavy atom. The van der Waals surface area contributed by atoms with E-state index in [-0.39, 0.29) is 10.8 Å². The fourth-order valence-corrected chi connectivity index (χ4v) is 4.13. The summed E-state index contributed by atoms with van der Waals surface area (Å²) < 4.78 is 28.4. The van der Waals surface area contributed by atoms with Crippen molar-refractivity contribution >= 4 is 15.7 Å². The molecule has 0 radical (unpaired) electrons. The highest BCUT2D eigenvalue weighted by Crippen LogP contribution is 2.21. The molecule has 2 saturated heterocycles. The third-order valence-corrected chi connectivity index (χ3v) is 6.18. The Bertz CT molecular complexity index is 688. The van der Waals surface area contributed by atoms with Gasteiger partial charge in [-0.3, -0.25) is 9.69 Å². The van der Waals surface area contributed by atoms with Crippen molar-refractivity contribution in [2.75, 3.05) is 52.2 Å². The number of rotatable bonds is 4. The maximum Gasteiger partial charge on any atom is 0.253 e. The molecule has 2 aliphatic rings. The number of ether oxygens (including phenoxy) is 1. The molecule has 0 unspecified atom stereocenters. The molecule has 1 amide bonds. The van der Waals surface area contributed by atoms with Gasteiger partial charge < -0.3 is 9.64 Å². The van der Waals surface area contributed by atoms with Gasteiger partial charge >= 0.3 is 0 Å². The second-order valence-corrected chi connectivity index (χ2v) is 8.96. The molecule has 2 aliphatic heterocycles. The number of sulfone groups is 1. The van der Waals surface area contributed by atoms with Crippen LogP contribution < -0.4 is 0 Å². The van der Waals surface area contributed by atoms with Gasteiger partial charge in [-0.05, 0) is 43.0 Å². The van der Waals surface area contributed by atoms with Crippen LogP contribution in [0.3, 0.4) is 0 Å². The summed E-state index contributed by atoms with van der Waals surface area (Å²) >= 11 is 0. The van der Waals surface area contributed by atoms with Crippen LogP contribution >= 0.6 is 0 Å². The molecule has 1 aromatic rings. The normalized spacial score (nSPS) is 20.6. The first-order chi connectivity index (χ1) is 11.9. The number of hydrogen-bond donors (Lipinski definition) is 0. The molecular formula is C18H26N2O4S. The van der Waals surface area contributed by atoms with Gasteiger partial charge in [0.25, 0.3) is 5.91 Å².